The number of anilines is 1. The fourth-order valence-corrected chi connectivity index (χ4v) is 3.99. The fraction of sp³-hybridized carbons (Fsp3) is 0.350. The van der Waals surface area contributed by atoms with Crippen molar-refractivity contribution >= 4 is 28.6 Å². The third-order valence-electron chi connectivity index (χ3n) is 4.64. The maximum atomic E-state index is 12.7. The smallest absolute Gasteiger partial charge is 0.322 e. The van der Waals surface area contributed by atoms with Crippen molar-refractivity contribution in [1.29, 1.82) is 0 Å². The zero-order valence-electron chi connectivity index (χ0n) is 14.5. The highest BCUT2D eigenvalue weighted by molar-refractivity contribution is 7.11. The van der Waals surface area contributed by atoms with Crippen LogP contribution in [0.15, 0.2) is 47.9 Å². The molecular weight excluding hydrogens is 348 g/mol. The van der Waals surface area contributed by atoms with Crippen molar-refractivity contribution in [3.05, 3.63) is 52.7 Å². The van der Waals surface area contributed by atoms with Gasteiger partial charge in [-0.1, -0.05) is 24.3 Å². The van der Waals surface area contributed by atoms with E-state index in [1.807, 2.05) is 29.2 Å². The minimum absolute atomic E-state index is 0.0549. The molecule has 1 saturated heterocycles. The molecule has 1 aromatic carbocycles. The van der Waals surface area contributed by atoms with E-state index in [0.717, 1.165) is 26.0 Å². The summed E-state index contributed by atoms with van der Waals surface area (Å²) in [4.78, 5) is 15.8. The number of hydrogen-bond acceptors (Lipinski definition) is 4. The standard InChI is InChI=1S/C20H22N2O3S/c23-20(22-10-7-15(8-11-22)19-6-3-13-26-19)21-17-4-1-2-5-18(17)25-16-9-12-24-14-16/h1-7,13,16H,8-12,14H2,(H,21,23)/t16-/m0/s1. The Morgan fingerprint density at radius 2 is 2.19 bits per heavy atom. The molecule has 0 unspecified atom stereocenters. The second kappa shape index (κ2) is 7.93. The Hall–Kier alpha value is -2.31. The highest BCUT2D eigenvalue weighted by Crippen LogP contribution is 2.29. The van der Waals surface area contributed by atoms with Crippen molar-refractivity contribution in [3.63, 3.8) is 0 Å². The molecule has 0 saturated carbocycles. The van der Waals surface area contributed by atoms with Crippen molar-refractivity contribution in [3.8, 4) is 5.75 Å². The lowest BCUT2D eigenvalue weighted by molar-refractivity contribution is 0.142. The molecule has 4 rings (SSSR count). The molecule has 1 aromatic heterocycles. The fourth-order valence-electron chi connectivity index (χ4n) is 3.19. The molecule has 3 heterocycles. The number of hydrogen-bond donors (Lipinski definition) is 1. The van der Waals surface area contributed by atoms with Gasteiger partial charge in [0.25, 0.3) is 0 Å². The van der Waals surface area contributed by atoms with Crippen LogP contribution in [0.1, 0.15) is 17.7 Å². The molecule has 1 N–H and O–H groups in total. The quantitative estimate of drug-likeness (QED) is 0.876. The molecule has 1 fully saturated rings. The van der Waals surface area contributed by atoms with Gasteiger partial charge in [-0.3, -0.25) is 0 Å². The summed E-state index contributed by atoms with van der Waals surface area (Å²) in [5, 5.41) is 5.08. The molecule has 0 radical (unpaired) electrons. The lowest BCUT2D eigenvalue weighted by Crippen LogP contribution is -2.38. The number of ether oxygens (including phenoxy) is 2. The van der Waals surface area contributed by atoms with Gasteiger partial charge in [0.15, 0.2) is 0 Å². The van der Waals surface area contributed by atoms with E-state index < -0.39 is 0 Å². The first kappa shape index (κ1) is 17.1. The average Bonchev–Trinajstić information content (AvgIpc) is 3.37. The maximum absolute atomic E-state index is 12.7. The molecule has 0 spiro atoms. The molecule has 2 amide bonds. The molecular formula is C20H22N2O3S. The van der Waals surface area contributed by atoms with E-state index in [2.05, 4.69) is 28.9 Å². The molecule has 6 heteroatoms. The summed E-state index contributed by atoms with van der Waals surface area (Å²) in [5.41, 5.74) is 2.03. The van der Waals surface area contributed by atoms with Gasteiger partial charge in [-0.05, 0) is 35.6 Å². The predicted molar refractivity (Wildman–Crippen MR) is 104 cm³/mol. The largest absolute Gasteiger partial charge is 0.486 e. The van der Waals surface area contributed by atoms with Crippen molar-refractivity contribution in [2.45, 2.75) is 18.9 Å². The summed E-state index contributed by atoms with van der Waals surface area (Å²) in [5.74, 6) is 0.697. The van der Waals surface area contributed by atoms with Gasteiger partial charge in [0.1, 0.15) is 11.9 Å². The summed E-state index contributed by atoms with van der Waals surface area (Å²) in [6.07, 6.45) is 3.96. The van der Waals surface area contributed by atoms with Crippen LogP contribution in [-0.2, 0) is 4.74 Å². The number of thiophene rings is 1. The molecule has 2 aliphatic rings. The molecule has 2 aliphatic heterocycles. The van der Waals surface area contributed by atoms with Crippen molar-refractivity contribution in [2.75, 3.05) is 31.6 Å². The minimum atomic E-state index is -0.0924. The number of carbonyl (C=O) groups excluding carboxylic acids is 1. The van der Waals surface area contributed by atoms with Crippen LogP contribution in [0.2, 0.25) is 0 Å². The molecule has 5 nitrogen and oxygen atoms in total. The molecule has 136 valence electrons. The van der Waals surface area contributed by atoms with Crippen LogP contribution in [0.25, 0.3) is 5.57 Å². The average molecular weight is 370 g/mol. The summed E-state index contributed by atoms with van der Waals surface area (Å²) < 4.78 is 11.4. The lowest BCUT2D eigenvalue weighted by Gasteiger charge is -2.27. The Kier molecular flexibility index (Phi) is 5.22. The Labute approximate surface area is 157 Å². The SMILES string of the molecule is O=C(Nc1ccccc1O[C@H]1CCOC1)N1CC=C(c2cccs2)CC1. The number of para-hydroxylation sites is 2. The van der Waals surface area contributed by atoms with Crippen LogP contribution < -0.4 is 10.1 Å². The summed E-state index contributed by atoms with van der Waals surface area (Å²) in [6, 6.07) is 11.7. The molecule has 0 bridgehead atoms. The first-order valence-corrected chi connectivity index (χ1v) is 9.80. The van der Waals surface area contributed by atoms with Crippen LogP contribution in [0, 0.1) is 0 Å². The Morgan fingerprint density at radius 1 is 1.27 bits per heavy atom. The van der Waals surface area contributed by atoms with Crippen LogP contribution in [-0.4, -0.2) is 43.3 Å². The number of carbonyl (C=O) groups is 1. The molecule has 1 atom stereocenters. The van der Waals surface area contributed by atoms with E-state index in [1.54, 1.807) is 11.3 Å². The van der Waals surface area contributed by atoms with Crippen molar-refractivity contribution in [2.24, 2.45) is 0 Å². The highest BCUT2D eigenvalue weighted by atomic mass is 32.1. The summed E-state index contributed by atoms with van der Waals surface area (Å²) in [7, 11) is 0. The van der Waals surface area contributed by atoms with Gasteiger partial charge in [-0.25, -0.2) is 4.79 Å². The second-order valence-corrected chi connectivity index (χ2v) is 7.38. The van der Waals surface area contributed by atoms with E-state index in [-0.39, 0.29) is 12.1 Å². The van der Waals surface area contributed by atoms with E-state index >= 15 is 0 Å². The maximum Gasteiger partial charge on any atom is 0.322 e. The zero-order chi connectivity index (χ0) is 17.8. The van der Waals surface area contributed by atoms with Crippen molar-refractivity contribution in [1.82, 2.24) is 4.90 Å². The van der Waals surface area contributed by atoms with Crippen LogP contribution >= 0.6 is 11.3 Å². The summed E-state index contributed by atoms with van der Waals surface area (Å²) >= 11 is 1.74. The first-order valence-electron chi connectivity index (χ1n) is 8.92. The van der Waals surface area contributed by atoms with Crippen LogP contribution in [0.5, 0.6) is 5.75 Å². The monoisotopic (exact) mass is 370 g/mol. The third kappa shape index (κ3) is 3.92. The Bertz CT molecular complexity index is 782. The van der Waals surface area contributed by atoms with Gasteiger partial charge in [0.05, 0.1) is 18.9 Å². The van der Waals surface area contributed by atoms with E-state index in [4.69, 9.17) is 9.47 Å². The van der Waals surface area contributed by atoms with Gasteiger partial charge in [0, 0.05) is 24.4 Å². The first-order chi connectivity index (χ1) is 12.8. The normalized spacial score (nSPS) is 19.9. The number of urea groups is 1. The van der Waals surface area contributed by atoms with E-state index in [0.29, 0.717) is 24.6 Å². The Morgan fingerprint density at radius 3 is 2.92 bits per heavy atom. The number of rotatable bonds is 4. The Balaban J connectivity index is 1.39. The highest BCUT2D eigenvalue weighted by Gasteiger charge is 2.21. The number of amides is 2. The van der Waals surface area contributed by atoms with Gasteiger partial charge in [0.2, 0.25) is 0 Å². The lowest BCUT2D eigenvalue weighted by atomic mass is 10.1. The minimum Gasteiger partial charge on any atom is -0.486 e. The predicted octanol–water partition coefficient (Wildman–Crippen LogP) is 4.24. The second-order valence-electron chi connectivity index (χ2n) is 6.43. The zero-order valence-corrected chi connectivity index (χ0v) is 15.3. The third-order valence-corrected chi connectivity index (χ3v) is 5.59. The molecule has 0 aliphatic carbocycles. The molecule has 2 aromatic rings. The molecule has 26 heavy (non-hydrogen) atoms. The van der Waals surface area contributed by atoms with Crippen LogP contribution in [0.3, 0.4) is 0 Å². The van der Waals surface area contributed by atoms with Gasteiger partial charge < -0.3 is 19.7 Å². The van der Waals surface area contributed by atoms with E-state index in [9.17, 15) is 4.79 Å². The van der Waals surface area contributed by atoms with Gasteiger partial charge in [-0.2, -0.15) is 0 Å². The topological polar surface area (TPSA) is 50.8 Å². The van der Waals surface area contributed by atoms with E-state index in [1.165, 1.54) is 10.5 Å². The van der Waals surface area contributed by atoms with Gasteiger partial charge >= 0.3 is 6.03 Å². The van der Waals surface area contributed by atoms with Crippen molar-refractivity contribution < 1.29 is 14.3 Å². The van der Waals surface area contributed by atoms with Gasteiger partial charge in [-0.15, -0.1) is 11.3 Å². The number of benzene rings is 1. The number of nitrogens with one attached hydrogen (secondary N) is 1. The summed E-state index contributed by atoms with van der Waals surface area (Å²) in [6.45, 7) is 2.67. The number of nitrogens with zero attached hydrogens (tertiary/aromatic N) is 1. The van der Waals surface area contributed by atoms with Crippen LogP contribution in [0.4, 0.5) is 10.5 Å².